The number of aliphatic hydroxyl groups excluding tert-OH is 1. The lowest BCUT2D eigenvalue weighted by Crippen LogP contribution is -2.22. The maximum Gasteiger partial charge on any atom is 0.134 e. The van der Waals surface area contributed by atoms with Gasteiger partial charge in [0.15, 0.2) is 0 Å². The number of hydrogen-bond acceptors (Lipinski definition) is 5. The molecule has 0 spiro atoms. The van der Waals surface area contributed by atoms with Crippen molar-refractivity contribution in [3.05, 3.63) is 12.4 Å². The van der Waals surface area contributed by atoms with E-state index in [9.17, 15) is 5.11 Å². The van der Waals surface area contributed by atoms with Gasteiger partial charge in [-0.05, 0) is 20.3 Å². The van der Waals surface area contributed by atoms with E-state index in [-0.39, 0.29) is 6.10 Å². The van der Waals surface area contributed by atoms with Crippen LogP contribution in [0.25, 0.3) is 0 Å². The Labute approximate surface area is 95.5 Å². The number of aromatic nitrogens is 2. The van der Waals surface area contributed by atoms with Crippen LogP contribution in [0.5, 0.6) is 0 Å². The molecule has 1 aromatic rings. The molecule has 1 atom stereocenters. The van der Waals surface area contributed by atoms with E-state index in [1.807, 2.05) is 6.07 Å². The highest BCUT2D eigenvalue weighted by Gasteiger charge is 2.21. The first kappa shape index (κ1) is 11.1. The van der Waals surface area contributed by atoms with E-state index in [1.165, 1.54) is 0 Å². The number of nitrogens with one attached hydrogen (secondary N) is 1. The fourth-order valence-electron chi connectivity index (χ4n) is 1.84. The summed E-state index contributed by atoms with van der Waals surface area (Å²) in [5.41, 5.74) is 0. The summed E-state index contributed by atoms with van der Waals surface area (Å²) in [5.74, 6) is 1.72. The summed E-state index contributed by atoms with van der Waals surface area (Å²) >= 11 is 0. The molecule has 1 unspecified atom stereocenters. The third-order valence-corrected chi connectivity index (χ3v) is 2.58. The molecule has 0 aliphatic carbocycles. The molecule has 2 N–H and O–H groups in total. The molecule has 0 saturated carbocycles. The lowest BCUT2D eigenvalue weighted by atomic mass is 10.3. The van der Waals surface area contributed by atoms with Crippen LogP contribution >= 0.6 is 0 Å². The van der Waals surface area contributed by atoms with Crippen LogP contribution in [0.3, 0.4) is 0 Å². The molecule has 1 saturated heterocycles. The molecule has 88 valence electrons. The van der Waals surface area contributed by atoms with Gasteiger partial charge in [0.1, 0.15) is 18.0 Å². The van der Waals surface area contributed by atoms with Crippen molar-refractivity contribution in [2.24, 2.45) is 0 Å². The minimum atomic E-state index is -0.225. The summed E-state index contributed by atoms with van der Waals surface area (Å²) in [6.07, 6.45) is 2.15. The van der Waals surface area contributed by atoms with Crippen LogP contribution in [0, 0.1) is 0 Å². The monoisotopic (exact) mass is 222 g/mol. The van der Waals surface area contributed by atoms with Crippen molar-refractivity contribution >= 4 is 11.6 Å². The number of rotatable bonds is 3. The number of anilines is 2. The molecule has 2 heterocycles. The molecule has 1 aliphatic heterocycles. The van der Waals surface area contributed by atoms with Crippen LogP contribution in [-0.4, -0.2) is 40.3 Å². The second-order valence-electron chi connectivity index (χ2n) is 4.45. The van der Waals surface area contributed by atoms with Gasteiger partial charge < -0.3 is 15.3 Å². The maximum atomic E-state index is 9.47. The Morgan fingerprint density at radius 3 is 2.94 bits per heavy atom. The highest BCUT2D eigenvalue weighted by Crippen LogP contribution is 2.19. The van der Waals surface area contributed by atoms with Crippen LogP contribution in [-0.2, 0) is 0 Å². The van der Waals surface area contributed by atoms with Crippen LogP contribution in [0.1, 0.15) is 20.3 Å². The van der Waals surface area contributed by atoms with Gasteiger partial charge in [-0.3, -0.25) is 0 Å². The smallest absolute Gasteiger partial charge is 0.134 e. The molecular weight excluding hydrogens is 204 g/mol. The number of β-amino-alcohol motifs (C(OH)–C–C–N with tert-alkyl or cyclic N) is 1. The van der Waals surface area contributed by atoms with Crippen molar-refractivity contribution < 1.29 is 5.11 Å². The molecule has 0 amide bonds. The van der Waals surface area contributed by atoms with Gasteiger partial charge in [-0.25, -0.2) is 9.97 Å². The van der Waals surface area contributed by atoms with Gasteiger partial charge >= 0.3 is 0 Å². The number of hydrogen-bond donors (Lipinski definition) is 2. The predicted molar refractivity (Wildman–Crippen MR) is 63.6 cm³/mol. The highest BCUT2D eigenvalue weighted by molar-refractivity contribution is 5.49. The average molecular weight is 222 g/mol. The Balaban J connectivity index is 2.09. The molecule has 1 fully saturated rings. The fraction of sp³-hybridized carbons (Fsp3) is 0.636. The van der Waals surface area contributed by atoms with Crippen molar-refractivity contribution in [1.82, 2.24) is 9.97 Å². The van der Waals surface area contributed by atoms with E-state index >= 15 is 0 Å². The van der Waals surface area contributed by atoms with Crippen molar-refractivity contribution in [1.29, 1.82) is 0 Å². The van der Waals surface area contributed by atoms with Crippen LogP contribution < -0.4 is 10.2 Å². The van der Waals surface area contributed by atoms with Crippen molar-refractivity contribution in [3.8, 4) is 0 Å². The summed E-state index contributed by atoms with van der Waals surface area (Å²) in [4.78, 5) is 10.5. The van der Waals surface area contributed by atoms with E-state index in [2.05, 4.69) is 34.0 Å². The second-order valence-corrected chi connectivity index (χ2v) is 4.45. The van der Waals surface area contributed by atoms with E-state index in [0.29, 0.717) is 12.6 Å². The van der Waals surface area contributed by atoms with Crippen LogP contribution in [0.4, 0.5) is 11.6 Å². The topological polar surface area (TPSA) is 61.3 Å². The Morgan fingerprint density at radius 2 is 2.31 bits per heavy atom. The molecular formula is C11H18N4O. The summed E-state index contributed by atoms with van der Waals surface area (Å²) in [6, 6.07) is 2.28. The van der Waals surface area contributed by atoms with E-state index in [1.54, 1.807) is 6.33 Å². The summed E-state index contributed by atoms with van der Waals surface area (Å²) in [7, 11) is 0. The van der Waals surface area contributed by atoms with Gasteiger partial charge in [0.2, 0.25) is 0 Å². The summed E-state index contributed by atoms with van der Waals surface area (Å²) in [6.45, 7) is 5.67. The highest BCUT2D eigenvalue weighted by atomic mass is 16.3. The third-order valence-electron chi connectivity index (χ3n) is 2.58. The normalized spacial score (nSPS) is 20.5. The molecule has 16 heavy (non-hydrogen) atoms. The average Bonchev–Trinajstić information content (AvgIpc) is 2.64. The third kappa shape index (κ3) is 2.61. The lowest BCUT2D eigenvalue weighted by Gasteiger charge is -2.17. The Bertz CT molecular complexity index is 356. The first-order valence-electron chi connectivity index (χ1n) is 5.67. The Morgan fingerprint density at radius 1 is 1.50 bits per heavy atom. The molecule has 0 radical (unpaired) electrons. The van der Waals surface area contributed by atoms with Crippen molar-refractivity contribution in [2.45, 2.75) is 32.4 Å². The molecule has 0 bridgehead atoms. The van der Waals surface area contributed by atoms with Gasteiger partial charge in [0, 0.05) is 25.2 Å². The van der Waals surface area contributed by atoms with Gasteiger partial charge in [-0.2, -0.15) is 0 Å². The zero-order valence-corrected chi connectivity index (χ0v) is 9.72. The SMILES string of the molecule is CC(C)Nc1cc(N2CCC(O)C2)ncn1. The fourth-order valence-corrected chi connectivity index (χ4v) is 1.84. The largest absolute Gasteiger partial charge is 0.391 e. The van der Waals surface area contributed by atoms with Gasteiger partial charge in [-0.1, -0.05) is 0 Å². The Hall–Kier alpha value is -1.36. The molecule has 5 heteroatoms. The maximum absolute atomic E-state index is 9.47. The van der Waals surface area contributed by atoms with Gasteiger partial charge in [0.05, 0.1) is 6.10 Å². The van der Waals surface area contributed by atoms with E-state index in [4.69, 9.17) is 0 Å². The van der Waals surface area contributed by atoms with E-state index in [0.717, 1.165) is 24.6 Å². The van der Waals surface area contributed by atoms with Crippen LogP contribution in [0.15, 0.2) is 12.4 Å². The molecule has 1 aromatic heterocycles. The quantitative estimate of drug-likeness (QED) is 0.794. The zero-order chi connectivity index (χ0) is 11.5. The first-order chi connectivity index (χ1) is 7.65. The van der Waals surface area contributed by atoms with Crippen molar-refractivity contribution in [3.63, 3.8) is 0 Å². The summed E-state index contributed by atoms with van der Waals surface area (Å²) in [5, 5.41) is 12.7. The molecule has 5 nitrogen and oxygen atoms in total. The first-order valence-corrected chi connectivity index (χ1v) is 5.67. The number of nitrogens with zero attached hydrogens (tertiary/aromatic N) is 3. The minimum absolute atomic E-state index is 0.225. The Kier molecular flexibility index (Phi) is 3.24. The van der Waals surface area contributed by atoms with Gasteiger partial charge in [-0.15, -0.1) is 0 Å². The second kappa shape index (κ2) is 4.65. The molecule has 0 aromatic carbocycles. The van der Waals surface area contributed by atoms with E-state index < -0.39 is 0 Å². The zero-order valence-electron chi connectivity index (χ0n) is 9.72. The predicted octanol–water partition coefficient (Wildman–Crippen LogP) is 0.868. The minimum Gasteiger partial charge on any atom is -0.391 e. The lowest BCUT2D eigenvalue weighted by molar-refractivity contribution is 0.198. The molecule has 2 rings (SSSR count). The number of aliphatic hydroxyl groups is 1. The van der Waals surface area contributed by atoms with Gasteiger partial charge in [0.25, 0.3) is 0 Å². The summed E-state index contributed by atoms with van der Waals surface area (Å²) < 4.78 is 0. The standard InChI is InChI=1S/C11H18N4O/c1-8(2)14-10-5-11(13-7-12-10)15-4-3-9(16)6-15/h5,7-9,16H,3-4,6H2,1-2H3,(H,12,13,14). The molecule has 1 aliphatic rings. The van der Waals surface area contributed by atoms with Crippen LogP contribution in [0.2, 0.25) is 0 Å². The van der Waals surface area contributed by atoms with Crippen molar-refractivity contribution in [2.75, 3.05) is 23.3 Å².